The zero-order valence-electron chi connectivity index (χ0n) is 21.2. The average Bonchev–Trinajstić information content (AvgIpc) is 3.63. The molecule has 0 unspecified atom stereocenters. The first-order valence-electron chi connectivity index (χ1n) is 12.9. The molecule has 38 heavy (non-hydrogen) atoms. The third kappa shape index (κ3) is 4.86. The molecule has 0 amide bonds. The van der Waals surface area contributed by atoms with Crippen LogP contribution in [0.1, 0.15) is 30.3 Å². The zero-order chi connectivity index (χ0) is 26.1. The van der Waals surface area contributed by atoms with Gasteiger partial charge in [0.05, 0.1) is 25.3 Å². The minimum atomic E-state index is -0.447. The Kier molecular flexibility index (Phi) is 6.77. The van der Waals surface area contributed by atoms with Crippen LogP contribution in [0, 0.1) is 5.82 Å². The van der Waals surface area contributed by atoms with E-state index in [0.29, 0.717) is 42.3 Å². The number of nitrogens with one attached hydrogen (secondary N) is 1. The van der Waals surface area contributed by atoms with Crippen molar-refractivity contribution < 1.29 is 13.9 Å². The van der Waals surface area contributed by atoms with Gasteiger partial charge in [0.1, 0.15) is 17.6 Å². The third-order valence-electron chi connectivity index (χ3n) is 7.45. The third-order valence-corrected chi connectivity index (χ3v) is 7.45. The maximum atomic E-state index is 13.5. The number of tetrazole rings is 1. The summed E-state index contributed by atoms with van der Waals surface area (Å²) in [7, 11) is 1.60. The Hall–Kier alpha value is -3.83. The number of aromatic nitrogens is 5. The molecule has 0 radical (unpaired) electrons. The van der Waals surface area contributed by atoms with Crippen molar-refractivity contribution in [2.75, 3.05) is 44.8 Å². The molecule has 2 aliphatic rings. The van der Waals surface area contributed by atoms with E-state index in [1.165, 1.54) is 12.1 Å². The van der Waals surface area contributed by atoms with Crippen molar-refractivity contribution >= 4 is 16.6 Å². The number of hydrogen-bond donors (Lipinski definition) is 1. The Morgan fingerprint density at radius 1 is 1.13 bits per heavy atom. The Balaban J connectivity index is 1.35. The lowest BCUT2D eigenvalue weighted by molar-refractivity contribution is 0.0906. The number of H-pyrrole nitrogens is 1. The topological polar surface area (TPSA) is 101 Å². The number of ether oxygens (including phenoxy) is 2. The largest absolute Gasteiger partial charge is 0.497 e. The molecule has 4 aromatic rings. The normalized spacial score (nSPS) is 19.2. The Labute approximate surface area is 219 Å². The molecule has 6 rings (SSSR count). The minimum Gasteiger partial charge on any atom is -0.497 e. The van der Waals surface area contributed by atoms with Gasteiger partial charge in [-0.15, -0.1) is 5.10 Å². The molecule has 2 aromatic heterocycles. The summed E-state index contributed by atoms with van der Waals surface area (Å²) in [6.45, 7) is 4.07. The number of piperazine rings is 1. The van der Waals surface area contributed by atoms with Crippen LogP contribution in [0.4, 0.5) is 10.1 Å². The molecule has 2 aliphatic heterocycles. The molecule has 4 heterocycles. The van der Waals surface area contributed by atoms with E-state index < -0.39 is 6.04 Å². The van der Waals surface area contributed by atoms with Crippen LogP contribution in [-0.4, -0.2) is 76.1 Å². The summed E-state index contributed by atoms with van der Waals surface area (Å²) in [4.78, 5) is 21.0. The Bertz CT molecular complexity index is 1460. The number of anilines is 1. The Morgan fingerprint density at radius 2 is 1.95 bits per heavy atom. The second kappa shape index (κ2) is 10.5. The van der Waals surface area contributed by atoms with Gasteiger partial charge in [0.15, 0.2) is 5.82 Å². The molecule has 1 N–H and O–H groups in total. The van der Waals surface area contributed by atoms with Crippen LogP contribution in [0.15, 0.2) is 53.3 Å². The van der Waals surface area contributed by atoms with Crippen molar-refractivity contribution in [3.8, 4) is 5.75 Å². The molecule has 0 aliphatic carbocycles. The van der Waals surface area contributed by atoms with Crippen LogP contribution in [0.3, 0.4) is 0 Å². The van der Waals surface area contributed by atoms with Crippen LogP contribution >= 0.6 is 0 Å². The van der Waals surface area contributed by atoms with Gasteiger partial charge in [-0.2, -0.15) is 0 Å². The van der Waals surface area contributed by atoms with Crippen molar-refractivity contribution in [3.63, 3.8) is 0 Å². The van der Waals surface area contributed by atoms with E-state index >= 15 is 0 Å². The molecule has 0 spiro atoms. The van der Waals surface area contributed by atoms with Crippen LogP contribution in [0.5, 0.6) is 5.75 Å². The predicted octanol–water partition coefficient (Wildman–Crippen LogP) is 2.75. The van der Waals surface area contributed by atoms with Gasteiger partial charge in [-0.05, 0) is 71.1 Å². The first-order valence-corrected chi connectivity index (χ1v) is 12.9. The fourth-order valence-electron chi connectivity index (χ4n) is 5.44. The zero-order valence-corrected chi connectivity index (χ0v) is 21.2. The molecule has 2 atom stereocenters. The first kappa shape index (κ1) is 24.5. The van der Waals surface area contributed by atoms with Gasteiger partial charge >= 0.3 is 0 Å². The first-order chi connectivity index (χ1) is 18.6. The number of fused-ring (bicyclic) bond motifs is 1. The molecule has 11 heteroatoms. The van der Waals surface area contributed by atoms with E-state index in [1.807, 2.05) is 24.3 Å². The summed E-state index contributed by atoms with van der Waals surface area (Å²) in [6, 6.07) is 13.7. The van der Waals surface area contributed by atoms with E-state index in [4.69, 9.17) is 9.47 Å². The van der Waals surface area contributed by atoms with E-state index in [9.17, 15) is 9.18 Å². The lowest BCUT2D eigenvalue weighted by atomic mass is 10.0. The van der Waals surface area contributed by atoms with Crippen LogP contribution in [0.2, 0.25) is 0 Å². The van der Waals surface area contributed by atoms with Crippen molar-refractivity contribution in [1.29, 1.82) is 0 Å². The number of pyridine rings is 1. The highest BCUT2D eigenvalue weighted by Crippen LogP contribution is 2.30. The quantitative estimate of drug-likeness (QED) is 0.398. The summed E-state index contributed by atoms with van der Waals surface area (Å²) < 4.78 is 26.4. The maximum absolute atomic E-state index is 13.5. The second-order valence-corrected chi connectivity index (χ2v) is 9.76. The summed E-state index contributed by atoms with van der Waals surface area (Å²) >= 11 is 0. The molecule has 2 aromatic carbocycles. The van der Waals surface area contributed by atoms with E-state index in [1.54, 1.807) is 23.9 Å². The van der Waals surface area contributed by atoms with Gasteiger partial charge in [-0.1, -0.05) is 0 Å². The van der Waals surface area contributed by atoms with E-state index in [-0.39, 0.29) is 17.5 Å². The summed E-state index contributed by atoms with van der Waals surface area (Å²) in [6.07, 6.45) is 2.03. The number of aromatic amines is 1. The molecule has 2 saturated heterocycles. The standard InChI is InChI=1S/C27H30FN7O3/c1-37-21-9-4-18-15-23(27(36)29-24(18)16-21)25(26-30-31-32-35(26)17-22-3-2-14-38-22)34-12-10-33(11-13-34)20-7-5-19(28)6-8-20/h4-9,15-16,22,25H,2-3,10-14,17H2,1H3,(H,29,36)/t22-,25-/m0/s1. The van der Waals surface area contributed by atoms with Gasteiger partial charge in [-0.3, -0.25) is 9.69 Å². The van der Waals surface area contributed by atoms with Crippen LogP contribution in [-0.2, 0) is 11.3 Å². The molecular formula is C27H30FN7O3. The van der Waals surface area contributed by atoms with Crippen molar-refractivity contribution in [2.45, 2.75) is 31.5 Å². The number of rotatable bonds is 7. The molecular weight excluding hydrogens is 489 g/mol. The van der Waals surface area contributed by atoms with Gasteiger partial charge in [0.25, 0.3) is 5.56 Å². The van der Waals surface area contributed by atoms with Crippen molar-refractivity contribution in [2.24, 2.45) is 0 Å². The maximum Gasteiger partial charge on any atom is 0.253 e. The number of nitrogens with zero attached hydrogens (tertiary/aromatic N) is 6. The van der Waals surface area contributed by atoms with Gasteiger partial charge < -0.3 is 19.4 Å². The summed E-state index contributed by atoms with van der Waals surface area (Å²) in [5, 5.41) is 13.6. The van der Waals surface area contributed by atoms with Gasteiger partial charge in [0, 0.05) is 50.1 Å². The van der Waals surface area contributed by atoms with Gasteiger partial charge in [0.2, 0.25) is 0 Å². The molecule has 2 fully saturated rings. The summed E-state index contributed by atoms with van der Waals surface area (Å²) in [5.41, 5.74) is 2.07. The number of halogens is 1. The minimum absolute atomic E-state index is 0.0515. The van der Waals surface area contributed by atoms with Crippen LogP contribution < -0.4 is 15.2 Å². The molecule has 198 valence electrons. The lowest BCUT2D eigenvalue weighted by Crippen LogP contribution is -2.49. The lowest BCUT2D eigenvalue weighted by Gasteiger charge is -2.39. The fourth-order valence-corrected chi connectivity index (χ4v) is 5.44. The van der Waals surface area contributed by atoms with E-state index in [2.05, 4.69) is 30.3 Å². The summed E-state index contributed by atoms with van der Waals surface area (Å²) in [5.74, 6) is 1.04. The number of hydrogen-bond acceptors (Lipinski definition) is 8. The molecule has 10 nitrogen and oxygen atoms in total. The molecule has 0 bridgehead atoms. The highest BCUT2D eigenvalue weighted by molar-refractivity contribution is 5.80. The second-order valence-electron chi connectivity index (χ2n) is 9.76. The average molecular weight is 520 g/mol. The Morgan fingerprint density at radius 3 is 2.68 bits per heavy atom. The van der Waals surface area contributed by atoms with Crippen molar-refractivity contribution in [3.05, 3.63) is 76.1 Å². The highest BCUT2D eigenvalue weighted by atomic mass is 19.1. The van der Waals surface area contributed by atoms with Gasteiger partial charge in [-0.25, -0.2) is 9.07 Å². The number of benzene rings is 2. The predicted molar refractivity (Wildman–Crippen MR) is 140 cm³/mol. The van der Waals surface area contributed by atoms with Crippen LogP contribution in [0.25, 0.3) is 10.9 Å². The number of methoxy groups -OCH3 is 1. The SMILES string of the molecule is COc1ccc2cc([C@@H](c3nnnn3C[C@@H]3CCCO3)N3CCN(c4ccc(F)cc4)CC3)c(=O)[nH]c2c1. The fraction of sp³-hybridized carbons (Fsp3) is 0.407. The highest BCUT2D eigenvalue weighted by Gasteiger charge is 2.33. The van der Waals surface area contributed by atoms with Crippen molar-refractivity contribution in [1.82, 2.24) is 30.1 Å². The smallest absolute Gasteiger partial charge is 0.253 e. The molecule has 0 saturated carbocycles. The van der Waals surface area contributed by atoms with E-state index in [0.717, 1.165) is 43.6 Å². The monoisotopic (exact) mass is 519 g/mol.